The fraction of sp³-hybridized carbons (Fsp3) is 0.769. The van der Waals surface area contributed by atoms with Gasteiger partial charge in [-0.25, -0.2) is 0 Å². The zero-order chi connectivity index (χ0) is 11.5. The lowest BCUT2D eigenvalue weighted by Gasteiger charge is -2.09. The first-order chi connectivity index (χ1) is 7.22. The van der Waals surface area contributed by atoms with Crippen LogP contribution in [0.3, 0.4) is 0 Å². The Hall–Kier alpha value is -0.970. The van der Waals surface area contributed by atoms with Crippen molar-refractivity contribution in [2.45, 2.75) is 58.3 Å². The molecule has 1 amide bonds. The van der Waals surface area contributed by atoms with Gasteiger partial charge in [-0.2, -0.15) is 0 Å². The first kappa shape index (κ1) is 14.0. The minimum absolute atomic E-state index is 0.0794. The van der Waals surface area contributed by atoms with Crippen LogP contribution < -0.4 is 5.73 Å². The Morgan fingerprint density at radius 1 is 1.27 bits per heavy atom. The molecule has 0 bridgehead atoms. The Kier molecular flexibility index (Phi) is 8.96. The molecule has 0 spiro atoms. The lowest BCUT2D eigenvalue weighted by atomic mass is 9.97. The normalized spacial score (nSPS) is 12.0. The molecule has 15 heavy (non-hydrogen) atoms. The van der Waals surface area contributed by atoms with Crippen LogP contribution in [0.25, 0.3) is 0 Å². The highest BCUT2D eigenvalue weighted by molar-refractivity contribution is 5.76. The summed E-state index contributed by atoms with van der Waals surface area (Å²) in [4.78, 5) is 10.9. The molecule has 0 rings (SSSR count). The predicted octanol–water partition coefficient (Wildman–Crippen LogP) is 2.86. The Labute approximate surface area is 93.6 Å². The molecule has 1 atom stereocenters. The third kappa shape index (κ3) is 8.05. The van der Waals surface area contributed by atoms with Crippen LogP contribution in [0.4, 0.5) is 0 Å². The van der Waals surface area contributed by atoms with Gasteiger partial charge in [0.15, 0.2) is 0 Å². The van der Waals surface area contributed by atoms with Gasteiger partial charge in [-0.05, 0) is 19.3 Å². The van der Waals surface area contributed by atoms with Crippen molar-refractivity contribution in [3.05, 3.63) is 0 Å². The van der Waals surface area contributed by atoms with E-state index in [-0.39, 0.29) is 11.8 Å². The lowest BCUT2D eigenvalue weighted by Crippen LogP contribution is -2.22. The molecule has 2 heteroatoms. The summed E-state index contributed by atoms with van der Waals surface area (Å²) in [6.07, 6.45) is 13.7. The van der Waals surface area contributed by atoms with Crippen LogP contribution in [-0.2, 0) is 4.79 Å². The van der Waals surface area contributed by atoms with E-state index in [4.69, 9.17) is 12.2 Å². The predicted molar refractivity (Wildman–Crippen MR) is 64.1 cm³/mol. The minimum atomic E-state index is -0.148. The summed E-state index contributed by atoms with van der Waals surface area (Å²) in [5, 5.41) is 0. The quantitative estimate of drug-likeness (QED) is 0.460. The van der Waals surface area contributed by atoms with Crippen molar-refractivity contribution in [3.8, 4) is 12.3 Å². The second kappa shape index (κ2) is 9.58. The van der Waals surface area contributed by atoms with Crippen molar-refractivity contribution in [1.82, 2.24) is 0 Å². The third-order valence-corrected chi connectivity index (χ3v) is 2.77. The molecular formula is C13H23NO. The first-order valence-electron chi connectivity index (χ1n) is 5.95. The number of amides is 1. The van der Waals surface area contributed by atoms with Crippen molar-refractivity contribution in [3.63, 3.8) is 0 Å². The number of carbonyl (C=O) groups is 1. The van der Waals surface area contributed by atoms with Gasteiger partial charge in [0.05, 0.1) is 0 Å². The summed E-state index contributed by atoms with van der Waals surface area (Å²) in [5.74, 6) is 2.57. The van der Waals surface area contributed by atoms with E-state index in [0.29, 0.717) is 0 Å². The maximum atomic E-state index is 10.9. The average Bonchev–Trinajstić information content (AvgIpc) is 2.21. The Bertz CT molecular complexity index is 205. The summed E-state index contributed by atoms with van der Waals surface area (Å²) >= 11 is 0. The molecule has 0 radical (unpaired) electrons. The lowest BCUT2D eigenvalue weighted by molar-refractivity contribution is -0.122. The van der Waals surface area contributed by atoms with Gasteiger partial charge in [0, 0.05) is 12.3 Å². The van der Waals surface area contributed by atoms with E-state index in [1.54, 1.807) is 0 Å². The summed E-state index contributed by atoms with van der Waals surface area (Å²) in [6.45, 7) is 2.02. The molecule has 0 heterocycles. The Morgan fingerprint density at radius 2 is 1.87 bits per heavy atom. The van der Waals surface area contributed by atoms with E-state index in [9.17, 15) is 4.79 Å². The van der Waals surface area contributed by atoms with Gasteiger partial charge in [0.25, 0.3) is 0 Å². The summed E-state index contributed by atoms with van der Waals surface area (Å²) in [6, 6.07) is 0. The topological polar surface area (TPSA) is 43.1 Å². The molecule has 0 saturated heterocycles. The summed E-state index contributed by atoms with van der Waals surface area (Å²) in [5.41, 5.74) is 5.27. The van der Waals surface area contributed by atoms with Crippen LogP contribution in [0.15, 0.2) is 0 Å². The molecule has 0 aromatic rings. The SMILES string of the molecule is C#CCCCCCCCC(CC)C(N)=O. The number of nitrogens with two attached hydrogens (primary N) is 1. The van der Waals surface area contributed by atoms with Gasteiger partial charge >= 0.3 is 0 Å². The van der Waals surface area contributed by atoms with E-state index in [2.05, 4.69) is 5.92 Å². The zero-order valence-corrected chi connectivity index (χ0v) is 9.80. The number of hydrogen-bond donors (Lipinski definition) is 1. The largest absolute Gasteiger partial charge is 0.369 e. The highest BCUT2D eigenvalue weighted by Crippen LogP contribution is 2.14. The van der Waals surface area contributed by atoms with E-state index >= 15 is 0 Å². The maximum Gasteiger partial charge on any atom is 0.220 e. The third-order valence-electron chi connectivity index (χ3n) is 2.77. The van der Waals surface area contributed by atoms with Crippen LogP contribution in [0.5, 0.6) is 0 Å². The maximum absolute atomic E-state index is 10.9. The molecule has 86 valence electrons. The fourth-order valence-corrected chi connectivity index (χ4v) is 1.70. The second-order valence-corrected chi connectivity index (χ2v) is 4.02. The Balaban J connectivity index is 3.30. The number of primary amides is 1. The number of hydrogen-bond acceptors (Lipinski definition) is 1. The average molecular weight is 209 g/mol. The molecular weight excluding hydrogens is 186 g/mol. The van der Waals surface area contributed by atoms with E-state index in [1.807, 2.05) is 6.92 Å². The molecule has 0 fully saturated rings. The summed E-state index contributed by atoms with van der Waals surface area (Å²) in [7, 11) is 0. The van der Waals surface area contributed by atoms with Crippen molar-refractivity contribution < 1.29 is 4.79 Å². The van der Waals surface area contributed by atoms with Gasteiger partial charge < -0.3 is 5.73 Å². The van der Waals surface area contributed by atoms with Gasteiger partial charge in [-0.15, -0.1) is 12.3 Å². The summed E-state index contributed by atoms with van der Waals surface area (Å²) < 4.78 is 0. The molecule has 2 nitrogen and oxygen atoms in total. The standard InChI is InChI=1S/C13H23NO/c1-3-5-6-7-8-9-10-11-12(4-2)13(14)15/h1,12H,4-11H2,2H3,(H2,14,15). The van der Waals surface area contributed by atoms with Crippen LogP contribution in [0, 0.1) is 18.3 Å². The molecule has 0 aromatic heterocycles. The van der Waals surface area contributed by atoms with Crippen LogP contribution in [-0.4, -0.2) is 5.91 Å². The second-order valence-electron chi connectivity index (χ2n) is 4.02. The first-order valence-corrected chi connectivity index (χ1v) is 5.95. The van der Waals surface area contributed by atoms with Gasteiger partial charge in [0.1, 0.15) is 0 Å². The van der Waals surface area contributed by atoms with Gasteiger partial charge in [-0.3, -0.25) is 4.79 Å². The van der Waals surface area contributed by atoms with E-state index < -0.39 is 0 Å². The van der Waals surface area contributed by atoms with Gasteiger partial charge in [-0.1, -0.05) is 32.6 Å². The Morgan fingerprint density at radius 3 is 2.40 bits per heavy atom. The van der Waals surface area contributed by atoms with Gasteiger partial charge in [0.2, 0.25) is 5.91 Å². The van der Waals surface area contributed by atoms with Crippen molar-refractivity contribution in [1.29, 1.82) is 0 Å². The smallest absolute Gasteiger partial charge is 0.220 e. The number of terminal acetylenes is 1. The van der Waals surface area contributed by atoms with Crippen molar-refractivity contribution in [2.24, 2.45) is 11.7 Å². The van der Waals surface area contributed by atoms with Crippen LogP contribution in [0.1, 0.15) is 58.3 Å². The molecule has 1 unspecified atom stereocenters. The minimum Gasteiger partial charge on any atom is -0.369 e. The molecule has 0 aliphatic heterocycles. The zero-order valence-electron chi connectivity index (χ0n) is 9.80. The van der Waals surface area contributed by atoms with Crippen molar-refractivity contribution in [2.75, 3.05) is 0 Å². The fourth-order valence-electron chi connectivity index (χ4n) is 1.70. The van der Waals surface area contributed by atoms with E-state index in [1.165, 1.54) is 19.3 Å². The van der Waals surface area contributed by atoms with Crippen LogP contribution in [0.2, 0.25) is 0 Å². The molecule has 0 aliphatic rings. The number of unbranched alkanes of at least 4 members (excludes halogenated alkanes) is 5. The molecule has 0 saturated carbocycles. The number of carbonyl (C=O) groups excluding carboxylic acids is 1. The molecule has 0 aromatic carbocycles. The monoisotopic (exact) mass is 209 g/mol. The van der Waals surface area contributed by atoms with Crippen LogP contribution >= 0.6 is 0 Å². The molecule has 2 N–H and O–H groups in total. The number of rotatable bonds is 9. The molecule has 0 aliphatic carbocycles. The van der Waals surface area contributed by atoms with E-state index in [0.717, 1.165) is 32.1 Å². The van der Waals surface area contributed by atoms with Crippen molar-refractivity contribution >= 4 is 5.91 Å². The highest BCUT2D eigenvalue weighted by Gasteiger charge is 2.11. The highest BCUT2D eigenvalue weighted by atomic mass is 16.1.